The summed E-state index contributed by atoms with van der Waals surface area (Å²) in [5.74, 6) is 1.39. The van der Waals surface area contributed by atoms with Crippen LogP contribution in [-0.4, -0.2) is 32.1 Å². The Morgan fingerprint density at radius 1 is 1.15 bits per heavy atom. The van der Waals surface area contributed by atoms with Crippen molar-refractivity contribution in [1.29, 1.82) is 0 Å². The largest absolute Gasteiger partial charge is 0.497 e. The second-order valence-electron chi connectivity index (χ2n) is 4.48. The summed E-state index contributed by atoms with van der Waals surface area (Å²) >= 11 is 0. The number of ether oxygens (including phenoxy) is 1. The number of carbonyl (C=O) groups is 1. The third-order valence-electron chi connectivity index (χ3n) is 2.82. The minimum Gasteiger partial charge on any atom is -0.497 e. The zero-order valence-electron chi connectivity index (χ0n) is 11.8. The standard InChI is InChI=1S/C15H17N3O2/c1-18(2)14-9-6-12(10-16-14)17-15(19)11-4-7-13(20-3)8-5-11/h4-10H,1-3H3,(H,17,19). The first-order valence-electron chi connectivity index (χ1n) is 6.19. The summed E-state index contributed by atoms with van der Waals surface area (Å²) in [6.07, 6.45) is 1.64. The van der Waals surface area contributed by atoms with E-state index >= 15 is 0 Å². The van der Waals surface area contributed by atoms with Crippen molar-refractivity contribution in [2.45, 2.75) is 0 Å². The minimum atomic E-state index is -0.174. The maximum absolute atomic E-state index is 12.0. The lowest BCUT2D eigenvalue weighted by molar-refractivity contribution is 0.102. The molecule has 104 valence electrons. The van der Waals surface area contributed by atoms with Crippen molar-refractivity contribution in [3.8, 4) is 5.75 Å². The van der Waals surface area contributed by atoms with Gasteiger partial charge in [-0.3, -0.25) is 4.79 Å². The fourth-order valence-corrected chi connectivity index (χ4v) is 1.67. The van der Waals surface area contributed by atoms with E-state index < -0.39 is 0 Å². The molecular formula is C15H17N3O2. The number of aromatic nitrogens is 1. The average molecular weight is 271 g/mol. The molecule has 1 N–H and O–H groups in total. The van der Waals surface area contributed by atoms with E-state index in [-0.39, 0.29) is 5.91 Å². The second kappa shape index (κ2) is 6.06. The Bertz CT molecular complexity index is 577. The fourth-order valence-electron chi connectivity index (χ4n) is 1.67. The number of nitrogens with zero attached hydrogens (tertiary/aromatic N) is 2. The number of rotatable bonds is 4. The van der Waals surface area contributed by atoms with Gasteiger partial charge in [-0.05, 0) is 36.4 Å². The van der Waals surface area contributed by atoms with Gasteiger partial charge < -0.3 is 15.0 Å². The van der Waals surface area contributed by atoms with Crippen LogP contribution in [0.2, 0.25) is 0 Å². The lowest BCUT2D eigenvalue weighted by atomic mass is 10.2. The Balaban J connectivity index is 2.06. The number of pyridine rings is 1. The molecule has 2 aromatic rings. The van der Waals surface area contributed by atoms with E-state index in [4.69, 9.17) is 4.74 Å². The van der Waals surface area contributed by atoms with Gasteiger partial charge in [0.1, 0.15) is 11.6 Å². The van der Waals surface area contributed by atoms with E-state index in [9.17, 15) is 4.79 Å². The number of hydrogen-bond donors (Lipinski definition) is 1. The van der Waals surface area contributed by atoms with Gasteiger partial charge in [0, 0.05) is 19.7 Å². The number of carbonyl (C=O) groups excluding carboxylic acids is 1. The van der Waals surface area contributed by atoms with Gasteiger partial charge in [0.05, 0.1) is 19.0 Å². The van der Waals surface area contributed by atoms with Gasteiger partial charge in [0.15, 0.2) is 0 Å². The highest BCUT2D eigenvalue weighted by atomic mass is 16.5. The summed E-state index contributed by atoms with van der Waals surface area (Å²) < 4.78 is 5.06. The maximum atomic E-state index is 12.0. The second-order valence-corrected chi connectivity index (χ2v) is 4.48. The van der Waals surface area contributed by atoms with E-state index in [0.717, 1.165) is 11.6 Å². The van der Waals surface area contributed by atoms with E-state index in [1.54, 1.807) is 37.6 Å². The van der Waals surface area contributed by atoms with Gasteiger partial charge in [0.2, 0.25) is 0 Å². The van der Waals surface area contributed by atoms with Gasteiger partial charge in [-0.15, -0.1) is 0 Å². The first-order valence-corrected chi connectivity index (χ1v) is 6.19. The first kappa shape index (κ1) is 13.9. The van der Waals surface area contributed by atoms with Gasteiger partial charge >= 0.3 is 0 Å². The molecular weight excluding hydrogens is 254 g/mol. The van der Waals surface area contributed by atoms with Crippen LogP contribution < -0.4 is 15.0 Å². The highest BCUT2D eigenvalue weighted by Crippen LogP contribution is 2.15. The molecule has 5 heteroatoms. The molecule has 1 heterocycles. The molecule has 0 radical (unpaired) electrons. The molecule has 1 amide bonds. The molecule has 0 aliphatic heterocycles. The smallest absolute Gasteiger partial charge is 0.255 e. The molecule has 2 rings (SSSR count). The Hall–Kier alpha value is -2.56. The zero-order valence-corrected chi connectivity index (χ0v) is 11.8. The summed E-state index contributed by atoms with van der Waals surface area (Å²) in [6, 6.07) is 10.6. The van der Waals surface area contributed by atoms with Crippen molar-refractivity contribution in [3.05, 3.63) is 48.2 Å². The molecule has 0 unspecified atom stereocenters. The van der Waals surface area contributed by atoms with E-state index in [1.165, 1.54) is 0 Å². The van der Waals surface area contributed by atoms with Crippen LogP contribution in [0.25, 0.3) is 0 Å². The monoisotopic (exact) mass is 271 g/mol. The Labute approximate surface area is 118 Å². The Morgan fingerprint density at radius 3 is 2.35 bits per heavy atom. The molecule has 1 aromatic carbocycles. The summed E-state index contributed by atoms with van der Waals surface area (Å²) in [5.41, 5.74) is 1.24. The van der Waals surface area contributed by atoms with Crippen LogP contribution >= 0.6 is 0 Å². The summed E-state index contributed by atoms with van der Waals surface area (Å²) in [6.45, 7) is 0. The quantitative estimate of drug-likeness (QED) is 0.927. The van der Waals surface area contributed by atoms with Crippen molar-refractivity contribution in [2.24, 2.45) is 0 Å². The molecule has 1 aromatic heterocycles. The van der Waals surface area contributed by atoms with Gasteiger partial charge in [-0.2, -0.15) is 0 Å². The molecule has 0 saturated carbocycles. The van der Waals surface area contributed by atoms with Crippen molar-refractivity contribution in [2.75, 3.05) is 31.4 Å². The Kier molecular flexibility index (Phi) is 4.20. The van der Waals surface area contributed by atoms with Crippen LogP contribution in [0.15, 0.2) is 42.6 Å². The summed E-state index contributed by atoms with van der Waals surface area (Å²) in [7, 11) is 5.42. The van der Waals surface area contributed by atoms with E-state index in [2.05, 4.69) is 10.3 Å². The summed E-state index contributed by atoms with van der Waals surface area (Å²) in [4.78, 5) is 18.2. The molecule has 0 aliphatic rings. The minimum absolute atomic E-state index is 0.174. The highest BCUT2D eigenvalue weighted by molar-refractivity contribution is 6.04. The van der Waals surface area contributed by atoms with Crippen molar-refractivity contribution in [3.63, 3.8) is 0 Å². The average Bonchev–Trinajstić information content (AvgIpc) is 2.48. The van der Waals surface area contributed by atoms with E-state index in [0.29, 0.717) is 11.3 Å². The number of methoxy groups -OCH3 is 1. The molecule has 0 aliphatic carbocycles. The predicted molar refractivity (Wildman–Crippen MR) is 79.5 cm³/mol. The van der Waals surface area contributed by atoms with E-state index in [1.807, 2.05) is 31.1 Å². The number of amides is 1. The SMILES string of the molecule is COc1ccc(C(=O)Nc2ccc(N(C)C)nc2)cc1. The molecule has 0 saturated heterocycles. The third-order valence-corrected chi connectivity index (χ3v) is 2.82. The van der Waals surface area contributed by atoms with Gasteiger partial charge in [-0.25, -0.2) is 4.98 Å². The van der Waals surface area contributed by atoms with Crippen LogP contribution in [0.4, 0.5) is 11.5 Å². The molecule has 0 fully saturated rings. The Morgan fingerprint density at radius 2 is 1.85 bits per heavy atom. The number of benzene rings is 1. The number of hydrogen-bond acceptors (Lipinski definition) is 4. The molecule has 0 spiro atoms. The van der Waals surface area contributed by atoms with Crippen LogP contribution in [0, 0.1) is 0 Å². The van der Waals surface area contributed by atoms with Crippen LogP contribution in [0.3, 0.4) is 0 Å². The topological polar surface area (TPSA) is 54.5 Å². The number of anilines is 2. The number of nitrogens with one attached hydrogen (secondary N) is 1. The molecule has 20 heavy (non-hydrogen) atoms. The summed E-state index contributed by atoms with van der Waals surface area (Å²) in [5, 5.41) is 2.80. The van der Waals surface area contributed by atoms with Gasteiger partial charge in [-0.1, -0.05) is 0 Å². The van der Waals surface area contributed by atoms with Crippen molar-refractivity contribution >= 4 is 17.4 Å². The van der Waals surface area contributed by atoms with Crippen molar-refractivity contribution < 1.29 is 9.53 Å². The highest BCUT2D eigenvalue weighted by Gasteiger charge is 2.06. The lowest BCUT2D eigenvalue weighted by Crippen LogP contribution is -2.13. The van der Waals surface area contributed by atoms with Crippen LogP contribution in [-0.2, 0) is 0 Å². The third kappa shape index (κ3) is 3.26. The zero-order chi connectivity index (χ0) is 14.5. The molecule has 0 bridgehead atoms. The lowest BCUT2D eigenvalue weighted by Gasteiger charge is -2.11. The predicted octanol–water partition coefficient (Wildman–Crippen LogP) is 2.41. The van der Waals surface area contributed by atoms with Crippen molar-refractivity contribution in [1.82, 2.24) is 4.98 Å². The van der Waals surface area contributed by atoms with Crippen LogP contribution in [0.1, 0.15) is 10.4 Å². The molecule has 5 nitrogen and oxygen atoms in total. The normalized spacial score (nSPS) is 9.95. The maximum Gasteiger partial charge on any atom is 0.255 e. The fraction of sp³-hybridized carbons (Fsp3) is 0.200. The van der Waals surface area contributed by atoms with Gasteiger partial charge in [0.25, 0.3) is 5.91 Å². The first-order chi connectivity index (χ1) is 9.60. The molecule has 0 atom stereocenters. The van der Waals surface area contributed by atoms with Crippen LogP contribution in [0.5, 0.6) is 5.75 Å².